The minimum Gasteiger partial charge on any atom is -0.492 e. The average molecular weight is 482 g/mol. The van der Waals surface area contributed by atoms with Gasteiger partial charge in [-0.25, -0.2) is 18.4 Å². The van der Waals surface area contributed by atoms with Crippen molar-refractivity contribution >= 4 is 27.3 Å². The number of hydrogen-bond acceptors (Lipinski definition) is 7. The predicted molar refractivity (Wildman–Crippen MR) is 112 cm³/mol. The number of rotatable bonds is 8. The summed E-state index contributed by atoms with van der Waals surface area (Å²) in [5, 5.41) is 2.58. The van der Waals surface area contributed by atoms with E-state index >= 15 is 0 Å². The van der Waals surface area contributed by atoms with E-state index in [0.29, 0.717) is 0 Å². The van der Waals surface area contributed by atoms with E-state index in [0.717, 1.165) is 12.1 Å². The molecule has 1 aromatic heterocycles. The Kier molecular flexibility index (Phi) is 7.01. The molecule has 1 amide bonds. The van der Waals surface area contributed by atoms with Gasteiger partial charge in [0.15, 0.2) is 0 Å². The molecule has 1 heterocycles. The maximum absolute atomic E-state index is 12.9. The summed E-state index contributed by atoms with van der Waals surface area (Å²) in [6, 6.07) is 8.23. The van der Waals surface area contributed by atoms with Gasteiger partial charge in [0.05, 0.1) is 17.9 Å². The fourth-order valence-corrected chi connectivity index (χ4v) is 3.84. The SMILES string of the molecule is CCOc1cc(NC(=O)c2cncnc2)ccc1S(=O)(=O)Nc1cccc(OC(F)(F)F)c1. The van der Waals surface area contributed by atoms with Gasteiger partial charge in [-0.05, 0) is 31.2 Å². The summed E-state index contributed by atoms with van der Waals surface area (Å²) in [6.45, 7) is 1.75. The number of anilines is 2. The first-order valence-electron chi connectivity index (χ1n) is 9.29. The molecule has 9 nitrogen and oxygen atoms in total. The van der Waals surface area contributed by atoms with Crippen molar-refractivity contribution < 1.29 is 35.9 Å². The smallest absolute Gasteiger partial charge is 0.492 e. The number of carbonyl (C=O) groups is 1. The second-order valence-corrected chi connectivity index (χ2v) is 8.01. The number of hydrogen-bond donors (Lipinski definition) is 2. The van der Waals surface area contributed by atoms with Gasteiger partial charge in [-0.3, -0.25) is 9.52 Å². The number of nitrogens with zero attached hydrogens (tertiary/aromatic N) is 2. The Balaban J connectivity index is 1.85. The van der Waals surface area contributed by atoms with Crippen molar-refractivity contribution in [2.24, 2.45) is 0 Å². The summed E-state index contributed by atoms with van der Waals surface area (Å²) in [7, 11) is -4.27. The van der Waals surface area contributed by atoms with Gasteiger partial charge in [-0.2, -0.15) is 0 Å². The van der Waals surface area contributed by atoms with Gasteiger partial charge >= 0.3 is 6.36 Å². The molecular formula is C20H17F3N4O5S. The van der Waals surface area contributed by atoms with Crippen LogP contribution in [0, 0.1) is 0 Å². The third-order valence-corrected chi connectivity index (χ3v) is 5.35. The lowest BCUT2D eigenvalue weighted by atomic mass is 10.2. The van der Waals surface area contributed by atoms with Crippen LogP contribution in [0.15, 0.2) is 66.1 Å². The van der Waals surface area contributed by atoms with Crippen molar-refractivity contribution in [1.29, 1.82) is 0 Å². The first-order chi connectivity index (χ1) is 15.6. The number of halogens is 3. The van der Waals surface area contributed by atoms with E-state index in [1.54, 1.807) is 6.92 Å². The minimum absolute atomic E-state index is 0.0743. The first kappa shape index (κ1) is 23.8. The summed E-state index contributed by atoms with van der Waals surface area (Å²) in [4.78, 5) is 19.5. The average Bonchev–Trinajstić information content (AvgIpc) is 2.73. The standard InChI is InChI=1S/C20H17F3N4O5S/c1-2-31-17-9-14(26-19(28)13-10-24-12-25-11-13)6-7-18(17)33(29,30)27-15-4-3-5-16(8-15)32-20(21,22)23/h3-12,27H,2H2,1H3,(H,26,28). The molecule has 174 valence electrons. The Morgan fingerprint density at radius 2 is 1.79 bits per heavy atom. The van der Waals surface area contributed by atoms with Crippen molar-refractivity contribution in [2.45, 2.75) is 18.2 Å². The van der Waals surface area contributed by atoms with Crippen molar-refractivity contribution in [3.8, 4) is 11.5 Å². The van der Waals surface area contributed by atoms with E-state index < -0.39 is 28.0 Å². The van der Waals surface area contributed by atoms with Crippen molar-refractivity contribution in [3.63, 3.8) is 0 Å². The van der Waals surface area contributed by atoms with Crippen LogP contribution < -0.4 is 19.5 Å². The van der Waals surface area contributed by atoms with Crippen LogP contribution in [0.1, 0.15) is 17.3 Å². The van der Waals surface area contributed by atoms with E-state index in [4.69, 9.17) is 4.74 Å². The lowest BCUT2D eigenvalue weighted by molar-refractivity contribution is -0.274. The molecule has 33 heavy (non-hydrogen) atoms. The minimum atomic E-state index is -4.92. The predicted octanol–water partition coefficient (Wildman–Crippen LogP) is 3.83. The second kappa shape index (κ2) is 9.73. The molecule has 3 rings (SSSR count). The molecule has 0 fully saturated rings. The van der Waals surface area contributed by atoms with E-state index in [-0.39, 0.29) is 34.2 Å². The van der Waals surface area contributed by atoms with Crippen LogP contribution in [0.25, 0.3) is 0 Å². The Morgan fingerprint density at radius 3 is 2.45 bits per heavy atom. The van der Waals surface area contributed by atoms with E-state index in [1.807, 2.05) is 0 Å². The van der Waals surface area contributed by atoms with Gasteiger partial charge < -0.3 is 14.8 Å². The maximum atomic E-state index is 12.9. The normalized spacial score (nSPS) is 11.5. The Bertz CT molecular complexity index is 1240. The molecule has 0 saturated heterocycles. The van der Waals surface area contributed by atoms with Gasteiger partial charge in [0.25, 0.3) is 15.9 Å². The number of nitrogens with one attached hydrogen (secondary N) is 2. The molecule has 13 heteroatoms. The highest BCUT2D eigenvalue weighted by atomic mass is 32.2. The summed E-state index contributed by atoms with van der Waals surface area (Å²) in [6.07, 6.45) is -1.04. The zero-order chi connectivity index (χ0) is 24.1. The van der Waals surface area contributed by atoms with Crippen LogP contribution in [-0.2, 0) is 10.0 Å². The molecule has 0 aliphatic heterocycles. The molecule has 2 N–H and O–H groups in total. The quantitative estimate of drug-likeness (QED) is 0.501. The van der Waals surface area contributed by atoms with Crippen LogP contribution >= 0.6 is 0 Å². The molecule has 3 aromatic rings. The van der Waals surface area contributed by atoms with Crippen LogP contribution in [0.3, 0.4) is 0 Å². The van der Waals surface area contributed by atoms with Crippen LogP contribution in [-0.4, -0.2) is 37.3 Å². The summed E-state index contributed by atoms with van der Waals surface area (Å²) >= 11 is 0. The zero-order valence-corrected chi connectivity index (χ0v) is 17.8. The topological polar surface area (TPSA) is 120 Å². The van der Waals surface area contributed by atoms with Crippen molar-refractivity contribution in [1.82, 2.24) is 9.97 Å². The number of carbonyl (C=O) groups excluding carboxylic acids is 1. The van der Waals surface area contributed by atoms with Crippen LogP contribution in [0.2, 0.25) is 0 Å². The Hall–Kier alpha value is -3.87. The van der Waals surface area contributed by atoms with E-state index in [9.17, 15) is 26.4 Å². The lowest BCUT2D eigenvalue weighted by Gasteiger charge is -2.15. The highest BCUT2D eigenvalue weighted by molar-refractivity contribution is 7.92. The van der Waals surface area contributed by atoms with Crippen LogP contribution in [0.4, 0.5) is 24.5 Å². The Labute approximate surface area is 186 Å². The number of alkyl halides is 3. The summed E-state index contributed by atoms with van der Waals surface area (Å²) < 4.78 is 74.5. The summed E-state index contributed by atoms with van der Waals surface area (Å²) in [5.74, 6) is -1.18. The molecule has 0 saturated carbocycles. The molecule has 0 aliphatic carbocycles. The van der Waals surface area contributed by atoms with Gasteiger partial charge in [0, 0.05) is 30.2 Å². The van der Waals surface area contributed by atoms with Gasteiger partial charge in [0.2, 0.25) is 0 Å². The van der Waals surface area contributed by atoms with Crippen LogP contribution in [0.5, 0.6) is 11.5 Å². The molecular weight excluding hydrogens is 465 g/mol. The molecule has 0 aliphatic rings. The number of ether oxygens (including phenoxy) is 2. The fraction of sp³-hybridized carbons (Fsp3) is 0.150. The third-order valence-electron chi connectivity index (χ3n) is 3.93. The maximum Gasteiger partial charge on any atom is 0.573 e. The number of sulfonamides is 1. The van der Waals surface area contributed by atoms with E-state index in [2.05, 4.69) is 24.7 Å². The number of aromatic nitrogens is 2. The van der Waals surface area contributed by atoms with Gasteiger partial charge in [0.1, 0.15) is 22.7 Å². The highest BCUT2D eigenvalue weighted by Crippen LogP contribution is 2.31. The number of amides is 1. The summed E-state index contributed by atoms with van der Waals surface area (Å²) in [5.41, 5.74) is 0.280. The third kappa shape index (κ3) is 6.55. The highest BCUT2D eigenvalue weighted by Gasteiger charge is 2.31. The lowest BCUT2D eigenvalue weighted by Crippen LogP contribution is -2.18. The van der Waals surface area contributed by atoms with Crippen molar-refractivity contribution in [3.05, 3.63) is 66.7 Å². The van der Waals surface area contributed by atoms with Gasteiger partial charge in [-0.15, -0.1) is 13.2 Å². The molecule has 0 bridgehead atoms. The fourth-order valence-electron chi connectivity index (χ4n) is 2.66. The molecule has 0 atom stereocenters. The molecule has 2 aromatic carbocycles. The molecule has 0 spiro atoms. The van der Waals surface area contributed by atoms with E-state index in [1.165, 1.54) is 49.1 Å². The largest absolute Gasteiger partial charge is 0.573 e. The second-order valence-electron chi connectivity index (χ2n) is 6.36. The zero-order valence-electron chi connectivity index (χ0n) is 17.0. The first-order valence-corrected chi connectivity index (χ1v) is 10.8. The van der Waals surface area contributed by atoms with Crippen molar-refractivity contribution in [2.75, 3.05) is 16.6 Å². The Morgan fingerprint density at radius 1 is 1.06 bits per heavy atom. The monoisotopic (exact) mass is 482 g/mol. The molecule has 0 unspecified atom stereocenters. The molecule has 0 radical (unpaired) electrons. The van der Waals surface area contributed by atoms with Gasteiger partial charge in [-0.1, -0.05) is 6.07 Å². The number of benzene rings is 2.